The monoisotopic (exact) mass is 240 g/mol. The quantitative estimate of drug-likeness (QED) is 0.381. The van der Waals surface area contributed by atoms with Gasteiger partial charge < -0.3 is 4.84 Å². The Bertz CT molecular complexity index is 392. The zero-order valence-electron chi connectivity index (χ0n) is 10.5. The summed E-state index contributed by atoms with van der Waals surface area (Å²) in [5.74, 6) is -0.0660. The maximum atomic E-state index is 13.0. The molecule has 0 heterocycles. The van der Waals surface area contributed by atoms with E-state index in [0.29, 0.717) is 11.4 Å². The number of aliphatic imine (C=N–C) groups is 1. The van der Waals surface area contributed by atoms with Gasteiger partial charge in [-0.2, -0.15) is 0 Å². The fourth-order valence-electron chi connectivity index (χ4n) is 1.15. The Labute approximate surface area is 100 Å². The van der Waals surface area contributed by atoms with Crippen molar-refractivity contribution in [2.24, 2.45) is 4.99 Å². The van der Waals surface area contributed by atoms with Crippen LogP contribution in [0.3, 0.4) is 0 Å². The number of nitrogens with zero attached hydrogens (tertiary/aromatic N) is 1. The standard InChI is InChI=1S/C10H11FN2O2.C2H6/c1-7-3-4-8(11)5-9(7)10(12-2)13-15-6-14;1-2/h3-6H,1-2H3,(H,12,13);1-2H3. The Kier molecular flexibility index (Phi) is 7.34. The number of hydrogen-bond donors (Lipinski definition) is 1. The number of hydrogen-bond acceptors (Lipinski definition) is 3. The summed E-state index contributed by atoms with van der Waals surface area (Å²) in [5, 5.41) is 0. The van der Waals surface area contributed by atoms with E-state index in [1.807, 2.05) is 20.8 Å². The van der Waals surface area contributed by atoms with Crippen LogP contribution in [0.1, 0.15) is 25.0 Å². The van der Waals surface area contributed by atoms with Gasteiger partial charge in [0.05, 0.1) is 0 Å². The third kappa shape index (κ3) is 4.63. The molecule has 0 atom stereocenters. The van der Waals surface area contributed by atoms with E-state index in [2.05, 4.69) is 15.3 Å². The molecule has 1 aromatic rings. The molecule has 0 fully saturated rings. The summed E-state index contributed by atoms with van der Waals surface area (Å²) in [4.78, 5) is 18.2. The summed E-state index contributed by atoms with van der Waals surface area (Å²) >= 11 is 0. The van der Waals surface area contributed by atoms with Crippen LogP contribution in [0.15, 0.2) is 23.2 Å². The second-order valence-electron chi connectivity index (χ2n) is 2.85. The molecule has 5 heteroatoms. The highest BCUT2D eigenvalue weighted by atomic mass is 19.1. The van der Waals surface area contributed by atoms with E-state index >= 15 is 0 Å². The fraction of sp³-hybridized carbons (Fsp3) is 0.333. The van der Waals surface area contributed by atoms with E-state index in [0.717, 1.165) is 5.56 Å². The molecular weight excluding hydrogens is 223 g/mol. The summed E-state index contributed by atoms with van der Waals surface area (Å²) < 4.78 is 13.0. The number of benzene rings is 1. The van der Waals surface area contributed by atoms with E-state index in [-0.39, 0.29) is 12.3 Å². The molecule has 1 rings (SSSR count). The lowest BCUT2D eigenvalue weighted by Crippen LogP contribution is -2.25. The zero-order chi connectivity index (χ0) is 13.3. The summed E-state index contributed by atoms with van der Waals surface area (Å²) in [6.45, 7) is 6.04. The third-order valence-corrected chi connectivity index (χ3v) is 1.88. The molecule has 0 aliphatic carbocycles. The van der Waals surface area contributed by atoms with Crippen molar-refractivity contribution in [2.45, 2.75) is 20.8 Å². The number of aryl methyl sites for hydroxylation is 1. The maximum absolute atomic E-state index is 13.0. The second kappa shape index (κ2) is 8.27. The molecule has 1 aromatic carbocycles. The van der Waals surface area contributed by atoms with Crippen molar-refractivity contribution in [1.82, 2.24) is 5.48 Å². The van der Waals surface area contributed by atoms with Crippen molar-refractivity contribution in [3.63, 3.8) is 0 Å². The topological polar surface area (TPSA) is 50.7 Å². The van der Waals surface area contributed by atoms with Gasteiger partial charge in [-0.25, -0.2) is 9.87 Å². The van der Waals surface area contributed by atoms with Gasteiger partial charge in [0, 0.05) is 12.6 Å². The van der Waals surface area contributed by atoms with E-state index in [4.69, 9.17) is 0 Å². The predicted molar refractivity (Wildman–Crippen MR) is 65.2 cm³/mol. The van der Waals surface area contributed by atoms with Gasteiger partial charge in [-0.05, 0) is 24.6 Å². The molecule has 0 unspecified atom stereocenters. The largest absolute Gasteiger partial charge is 0.345 e. The number of hydroxylamine groups is 1. The minimum atomic E-state index is -0.371. The van der Waals surface area contributed by atoms with Crippen LogP contribution >= 0.6 is 0 Å². The van der Waals surface area contributed by atoms with Crippen LogP contribution in [-0.2, 0) is 9.63 Å². The van der Waals surface area contributed by atoms with Gasteiger partial charge in [0.15, 0.2) is 5.84 Å². The summed E-state index contributed by atoms with van der Waals surface area (Å²) in [5.41, 5.74) is 3.71. The van der Waals surface area contributed by atoms with Crippen LogP contribution in [-0.4, -0.2) is 19.4 Å². The molecule has 0 bridgehead atoms. The number of rotatable bonds is 3. The molecular formula is C12H17FN2O2. The summed E-state index contributed by atoms with van der Waals surface area (Å²) in [7, 11) is 1.51. The number of nitrogens with one attached hydrogen (secondary N) is 1. The molecule has 0 saturated heterocycles. The van der Waals surface area contributed by atoms with E-state index in [1.165, 1.54) is 19.2 Å². The van der Waals surface area contributed by atoms with Crippen LogP contribution in [0, 0.1) is 12.7 Å². The molecule has 1 N–H and O–H groups in total. The number of carbonyl (C=O) groups excluding carboxylic acids is 1. The first-order valence-corrected chi connectivity index (χ1v) is 5.27. The summed E-state index contributed by atoms with van der Waals surface area (Å²) in [6, 6.07) is 4.30. The Hall–Kier alpha value is -1.91. The maximum Gasteiger partial charge on any atom is 0.320 e. The van der Waals surface area contributed by atoms with Crippen molar-refractivity contribution in [1.29, 1.82) is 0 Å². The number of carbonyl (C=O) groups is 1. The first-order valence-electron chi connectivity index (χ1n) is 5.27. The molecule has 4 nitrogen and oxygen atoms in total. The molecule has 0 saturated carbocycles. The van der Waals surface area contributed by atoms with Crippen LogP contribution in [0.25, 0.3) is 0 Å². The van der Waals surface area contributed by atoms with Gasteiger partial charge in [0.25, 0.3) is 0 Å². The SMILES string of the molecule is CC.CN=C(NOC=O)c1cc(F)ccc1C. The average molecular weight is 240 g/mol. The molecule has 0 aliphatic rings. The van der Waals surface area contributed by atoms with E-state index in [1.54, 1.807) is 6.07 Å². The molecule has 94 valence electrons. The van der Waals surface area contributed by atoms with Crippen LogP contribution in [0.4, 0.5) is 4.39 Å². The number of halogens is 1. The van der Waals surface area contributed by atoms with Crippen molar-refractivity contribution in [3.05, 3.63) is 35.1 Å². The fourth-order valence-corrected chi connectivity index (χ4v) is 1.15. The lowest BCUT2D eigenvalue weighted by Gasteiger charge is -2.09. The third-order valence-electron chi connectivity index (χ3n) is 1.88. The molecule has 0 radical (unpaired) electrons. The Morgan fingerprint density at radius 1 is 1.47 bits per heavy atom. The summed E-state index contributed by atoms with van der Waals surface area (Å²) in [6.07, 6.45) is 0. The van der Waals surface area contributed by atoms with Gasteiger partial charge in [-0.3, -0.25) is 9.79 Å². The Balaban J connectivity index is 0.00000121. The lowest BCUT2D eigenvalue weighted by molar-refractivity contribution is -0.132. The molecule has 0 amide bonds. The number of amidine groups is 1. The van der Waals surface area contributed by atoms with Crippen LogP contribution in [0.5, 0.6) is 0 Å². The molecule has 0 spiro atoms. The minimum Gasteiger partial charge on any atom is -0.345 e. The van der Waals surface area contributed by atoms with Gasteiger partial charge >= 0.3 is 6.47 Å². The average Bonchev–Trinajstić information content (AvgIpc) is 2.36. The van der Waals surface area contributed by atoms with Gasteiger partial charge in [0.1, 0.15) is 5.82 Å². The normalized spacial score (nSPS) is 10.1. The van der Waals surface area contributed by atoms with Gasteiger partial charge in [-0.15, -0.1) is 0 Å². The van der Waals surface area contributed by atoms with Crippen molar-refractivity contribution >= 4 is 12.3 Å². The van der Waals surface area contributed by atoms with Crippen molar-refractivity contribution in [3.8, 4) is 0 Å². The minimum absolute atomic E-state index is 0.236. The van der Waals surface area contributed by atoms with E-state index in [9.17, 15) is 9.18 Å². The van der Waals surface area contributed by atoms with Gasteiger partial charge in [0.2, 0.25) is 0 Å². The first kappa shape index (κ1) is 15.1. The highest BCUT2D eigenvalue weighted by Crippen LogP contribution is 2.10. The molecule has 17 heavy (non-hydrogen) atoms. The van der Waals surface area contributed by atoms with Crippen LogP contribution in [0.2, 0.25) is 0 Å². The van der Waals surface area contributed by atoms with E-state index < -0.39 is 0 Å². The molecule has 0 aliphatic heterocycles. The van der Waals surface area contributed by atoms with Crippen molar-refractivity contribution in [2.75, 3.05) is 7.05 Å². The predicted octanol–water partition coefficient (Wildman–Crippen LogP) is 2.21. The molecule has 0 aromatic heterocycles. The highest BCUT2D eigenvalue weighted by Gasteiger charge is 2.07. The Morgan fingerprint density at radius 2 is 2.12 bits per heavy atom. The Morgan fingerprint density at radius 3 is 2.65 bits per heavy atom. The van der Waals surface area contributed by atoms with Crippen LogP contribution < -0.4 is 5.48 Å². The second-order valence-corrected chi connectivity index (χ2v) is 2.85. The smallest absolute Gasteiger partial charge is 0.320 e. The first-order chi connectivity index (χ1) is 8.19. The van der Waals surface area contributed by atoms with Crippen molar-refractivity contribution < 1.29 is 14.0 Å². The zero-order valence-corrected chi connectivity index (χ0v) is 10.5. The lowest BCUT2D eigenvalue weighted by atomic mass is 10.1. The van der Waals surface area contributed by atoms with Gasteiger partial charge in [-0.1, -0.05) is 19.9 Å². The highest BCUT2D eigenvalue weighted by molar-refractivity contribution is 5.99.